The maximum absolute atomic E-state index is 8.95. The van der Waals surface area contributed by atoms with Gasteiger partial charge in [0.15, 0.2) is 5.84 Å². The Labute approximate surface area is 121 Å². The predicted molar refractivity (Wildman–Crippen MR) is 82.1 cm³/mol. The van der Waals surface area contributed by atoms with Crippen molar-refractivity contribution in [2.45, 2.75) is 52.6 Å². The van der Waals surface area contributed by atoms with Crippen LogP contribution in [0.3, 0.4) is 0 Å². The summed E-state index contributed by atoms with van der Waals surface area (Å²) in [5.41, 5.74) is 11.2. The van der Waals surface area contributed by atoms with E-state index in [1.54, 1.807) is 0 Å². The van der Waals surface area contributed by atoms with Gasteiger partial charge in [0, 0.05) is 6.54 Å². The molecule has 0 spiro atoms. The summed E-state index contributed by atoms with van der Waals surface area (Å²) in [6, 6.07) is 4.52. The molecule has 110 valence electrons. The van der Waals surface area contributed by atoms with Crippen LogP contribution in [0.25, 0.3) is 0 Å². The van der Waals surface area contributed by atoms with E-state index in [2.05, 4.69) is 43.0 Å². The molecule has 1 unspecified atom stereocenters. The summed E-state index contributed by atoms with van der Waals surface area (Å²) in [5, 5.41) is 12.2. The third kappa shape index (κ3) is 3.12. The van der Waals surface area contributed by atoms with Crippen molar-refractivity contribution < 1.29 is 5.21 Å². The lowest BCUT2D eigenvalue weighted by molar-refractivity contribution is 0.177. The predicted octanol–water partition coefficient (Wildman–Crippen LogP) is 2.71. The fourth-order valence-corrected chi connectivity index (χ4v) is 3.24. The minimum absolute atomic E-state index is 0.0638. The van der Waals surface area contributed by atoms with Crippen LogP contribution in [0, 0.1) is 20.8 Å². The molecule has 1 aliphatic heterocycles. The quantitative estimate of drug-likeness (QED) is 0.386. The van der Waals surface area contributed by atoms with Crippen LogP contribution in [0.15, 0.2) is 17.3 Å². The monoisotopic (exact) mass is 275 g/mol. The highest BCUT2D eigenvalue weighted by atomic mass is 16.4. The van der Waals surface area contributed by atoms with Gasteiger partial charge in [-0.1, -0.05) is 29.3 Å². The molecule has 0 radical (unpaired) electrons. The summed E-state index contributed by atoms with van der Waals surface area (Å²) in [6.07, 6.45) is 3.29. The highest BCUT2D eigenvalue weighted by molar-refractivity contribution is 5.85. The smallest absolute Gasteiger partial charge is 0.156 e. The van der Waals surface area contributed by atoms with Gasteiger partial charge in [-0.15, -0.1) is 0 Å². The van der Waals surface area contributed by atoms with E-state index in [-0.39, 0.29) is 6.04 Å². The molecule has 1 heterocycles. The SMILES string of the molecule is Cc1cc(C)c(CN2CCCCC2C(N)=NO)c(C)c1. The standard InChI is InChI=1S/C16H25N3O/c1-11-8-12(2)14(13(3)9-11)10-19-7-5-4-6-15(19)16(17)18-20/h8-9,15,20H,4-7,10H2,1-3H3,(H2,17,18). The fourth-order valence-electron chi connectivity index (χ4n) is 3.24. The molecule has 4 heteroatoms. The molecule has 0 aliphatic carbocycles. The number of likely N-dealkylation sites (tertiary alicyclic amines) is 1. The molecule has 4 nitrogen and oxygen atoms in total. The van der Waals surface area contributed by atoms with Crippen LogP contribution in [0.4, 0.5) is 0 Å². The third-order valence-corrected chi connectivity index (χ3v) is 4.27. The number of hydrogen-bond donors (Lipinski definition) is 2. The maximum atomic E-state index is 8.95. The van der Waals surface area contributed by atoms with E-state index in [0.29, 0.717) is 5.84 Å². The molecule has 1 aromatic carbocycles. The number of nitrogens with two attached hydrogens (primary N) is 1. The van der Waals surface area contributed by atoms with E-state index in [1.807, 2.05) is 0 Å². The van der Waals surface area contributed by atoms with Crippen molar-refractivity contribution in [1.29, 1.82) is 0 Å². The van der Waals surface area contributed by atoms with Crippen LogP contribution >= 0.6 is 0 Å². The minimum atomic E-state index is 0.0638. The molecular formula is C16H25N3O. The minimum Gasteiger partial charge on any atom is -0.409 e. The molecule has 2 rings (SSSR count). The zero-order valence-electron chi connectivity index (χ0n) is 12.7. The van der Waals surface area contributed by atoms with E-state index < -0.39 is 0 Å². The van der Waals surface area contributed by atoms with Gasteiger partial charge >= 0.3 is 0 Å². The van der Waals surface area contributed by atoms with E-state index in [1.165, 1.54) is 28.7 Å². The van der Waals surface area contributed by atoms with E-state index in [4.69, 9.17) is 10.9 Å². The number of nitrogens with zero attached hydrogens (tertiary/aromatic N) is 2. The Bertz CT molecular complexity index is 487. The summed E-state index contributed by atoms with van der Waals surface area (Å²) >= 11 is 0. The van der Waals surface area contributed by atoms with Gasteiger partial charge in [0.2, 0.25) is 0 Å². The molecule has 1 atom stereocenters. The normalized spacial score (nSPS) is 21.1. The Morgan fingerprint density at radius 3 is 2.55 bits per heavy atom. The van der Waals surface area contributed by atoms with Gasteiger partial charge in [0.1, 0.15) is 0 Å². The lowest BCUT2D eigenvalue weighted by atomic mass is 9.96. The first-order chi connectivity index (χ1) is 9.52. The van der Waals surface area contributed by atoms with Crippen LogP contribution in [-0.2, 0) is 6.54 Å². The molecule has 1 aromatic rings. The molecule has 0 saturated carbocycles. The highest BCUT2D eigenvalue weighted by Gasteiger charge is 2.26. The topological polar surface area (TPSA) is 61.8 Å². The summed E-state index contributed by atoms with van der Waals surface area (Å²) in [4.78, 5) is 2.34. The van der Waals surface area contributed by atoms with Gasteiger partial charge in [0.25, 0.3) is 0 Å². The molecule has 20 heavy (non-hydrogen) atoms. The first kappa shape index (κ1) is 14.9. The summed E-state index contributed by atoms with van der Waals surface area (Å²) in [5.74, 6) is 0.340. The molecule has 0 amide bonds. The molecule has 0 aromatic heterocycles. The zero-order chi connectivity index (χ0) is 14.7. The Morgan fingerprint density at radius 2 is 1.95 bits per heavy atom. The van der Waals surface area contributed by atoms with E-state index >= 15 is 0 Å². The highest BCUT2D eigenvalue weighted by Crippen LogP contribution is 2.24. The van der Waals surface area contributed by atoms with Crippen molar-refractivity contribution >= 4 is 5.84 Å². The lowest BCUT2D eigenvalue weighted by Crippen LogP contribution is -2.47. The van der Waals surface area contributed by atoms with Gasteiger partial charge in [-0.3, -0.25) is 4.90 Å². The first-order valence-corrected chi connectivity index (χ1v) is 7.31. The Hall–Kier alpha value is -1.55. The van der Waals surface area contributed by atoms with Crippen molar-refractivity contribution in [1.82, 2.24) is 4.90 Å². The number of hydrogen-bond acceptors (Lipinski definition) is 3. The van der Waals surface area contributed by atoms with Crippen LogP contribution in [-0.4, -0.2) is 28.5 Å². The van der Waals surface area contributed by atoms with Gasteiger partial charge in [-0.2, -0.15) is 0 Å². The average molecular weight is 275 g/mol. The molecule has 3 N–H and O–H groups in total. The Morgan fingerprint density at radius 1 is 1.30 bits per heavy atom. The molecular weight excluding hydrogens is 250 g/mol. The number of amidine groups is 1. The van der Waals surface area contributed by atoms with Crippen LogP contribution in [0.1, 0.15) is 41.5 Å². The second-order valence-corrected chi connectivity index (χ2v) is 5.88. The van der Waals surface area contributed by atoms with Crippen molar-refractivity contribution in [2.75, 3.05) is 6.54 Å². The van der Waals surface area contributed by atoms with E-state index in [9.17, 15) is 0 Å². The summed E-state index contributed by atoms with van der Waals surface area (Å²) in [7, 11) is 0. The van der Waals surface area contributed by atoms with Crippen LogP contribution < -0.4 is 5.73 Å². The van der Waals surface area contributed by atoms with Gasteiger partial charge in [-0.05, 0) is 56.8 Å². The van der Waals surface area contributed by atoms with E-state index in [0.717, 1.165) is 25.9 Å². The van der Waals surface area contributed by atoms with Crippen molar-refractivity contribution in [3.63, 3.8) is 0 Å². The number of rotatable bonds is 3. The molecule has 1 saturated heterocycles. The molecule has 1 aliphatic rings. The molecule has 0 bridgehead atoms. The number of oxime groups is 1. The van der Waals surface area contributed by atoms with Gasteiger partial charge in [-0.25, -0.2) is 0 Å². The number of piperidine rings is 1. The van der Waals surface area contributed by atoms with Gasteiger partial charge in [0.05, 0.1) is 6.04 Å². The van der Waals surface area contributed by atoms with Crippen molar-refractivity contribution in [3.8, 4) is 0 Å². The Balaban J connectivity index is 2.23. The third-order valence-electron chi connectivity index (χ3n) is 4.27. The second kappa shape index (κ2) is 6.27. The largest absolute Gasteiger partial charge is 0.409 e. The molecule has 1 fully saturated rings. The maximum Gasteiger partial charge on any atom is 0.156 e. The van der Waals surface area contributed by atoms with Crippen LogP contribution in [0.2, 0.25) is 0 Å². The van der Waals surface area contributed by atoms with Crippen molar-refractivity contribution in [3.05, 3.63) is 34.4 Å². The average Bonchev–Trinajstić information content (AvgIpc) is 2.42. The lowest BCUT2D eigenvalue weighted by Gasteiger charge is -2.35. The number of aryl methyl sites for hydroxylation is 3. The van der Waals surface area contributed by atoms with Crippen LogP contribution in [0.5, 0.6) is 0 Å². The second-order valence-electron chi connectivity index (χ2n) is 5.88. The summed E-state index contributed by atoms with van der Waals surface area (Å²) < 4.78 is 0. The number of benzene rings is 1. The fraction of sp³-hybridized carbons (Fsp3) is 0.562. The summed E-state index contributed by atoms with van der Waals surface area (Å²) in [6.45, 7) is 8.34. The first-order valence-electron chi connectivity index (χ1n) is 7.31. The van der Waals surface area contributed by atoms with Gasteiger partial charge < -0.3 is 10.9 Å². The van der Waals surface area contributed by atoms with Crippen molar-refractivity contribution in [2.24, 2.45) is 10.9 Å². The zero-order valence-corrected chi connectivity index (χ0v) is 12.7. The Kier molecular flexibility index (Phi) is 4.65.